The minimum Gasteiger partial charge on any atom is -0.493 e. The normalized spacial score (nSPS) is 17.6. The van der Waals surface area contributed by atoms with Crippen LogP contribution in [0.15, 0.2) is 30.3 Å². The molecule has 0 unspecified atom stereocenters. The van der Waals surface area contributed by atoms with Crippen LogP contribution in [0.4, 0.5) is 5.69 Å². The Labute approximate surface area is 190 Å². The van der Waals surface area contributed by atoms with Crippen LogP contribution in [0, 0.1) is 19.8 Å². The Morgan fingerprint density at radius 3 is 2.50 bits per heavy atom. The van der Waals surface area contributed by atoms with E-state index in [1.807, 2.05) is 38.1 Å². The fraction of sp³-hybridized carbons (Fsp3) is 0.462. The van der Waals surface area contributed by atoms with Crippen molar-refractivity contribution in [1.29, 1.82) is 0 Å². The molecule has 2 aromatic carbocycles. The molecule has 0 radical (unpaired) electrons. The van der Waals surface area contributed by atoms with Crippen molar-refractivity contribution in [2.24, 2.45) is 5.92 Å². The molecule has 6 heteroatoms. The topological polar surface area (TPSA) is 76.1 Å². The van der Waals surface area contributed by atoms with Crippen LogP contribution in [0.5, 0.6) is 11.5 Å². The number of carbonyl (C=O) groups excluding carboxylic acids is 2. The van der Waals surface area contributed by atoms with E-state index in [0.29, 0.717) is 35.3 Å². The Morgan fingerprint density at radius 2 is 1.88 bits per heavy atom. The summed E-state index contributed by atoms with van der Waals surface area (Å²) in [7, 11) is 1.59. The number of nitrogens with zero attached hydrogens (tertiary/aromatic N) is 1. The summed E-state index contributed by atoms with van der Waals surface area (Å²) in [4.78, 5) is 26.8. The number of anilines is 1. The average molecular weight is 440 g/mol. The lowest BCUT2D eigenvalue weighted by atomic mass is 9.88. The number of methoxy groups -OCH3 is 1. The van der Waals surface area contributed by atoms with Gasteiger partial charge >= 0.3 is 0 Å². The van der Waals surface area contributed by atoms with Crippen LogP contribution in [0.25, 0.3) is 0 Å². The van der Waals surface area contributed by atoms with Gasteiger partial charge in [0, 0.05) is 12.0 Å². The van der Waals surface area contributed by atoms with Crippen molar-refractivity contribution in [2.75, 3.05) is 18.6 Å². The molecule has 172 valence electrons. The minimum absolute atomic E-state index is 0.239. The third-order valence-electron chi connectivity index (χ3n) is 5.79. The number of hydrogen-bond acceptors (Lipinski definition) is 5. The Kier molecular flexibility index (Phi) is 6.94. The second kappa shape index (κ2) is 9.33. The average Bonchev–Trinajstić information content (AvgIpc) is 2.90. The van der Waals surface area contributed by atoms with Crippen LogP contribution >= 0.6 is 0 Å². The van der Waals surface area contributed by atoms with E-state index in [4.69, 9.17) is 9.47 Å². The van der Waals surface area contributed by atoms with E-state index < -0.39 is 11.5 Å². The molecular weight excluding hydrogens is 406 g/mol. The first-order valence-electron chi connectivity index (χ1n) is 11.0. The molecule has 0 spiro atoms. The summed E-state index contributed by atoms with van der Waals surface area (Å²) in [6.45, 7) is 10.4. The first-order chi connectivity index (χ1) is 15.1. The first kappa shape index (κ1) is 23.8. The molecule has 0 aromatic heterocycles. The first-order valence-corrected chi connectivity index (χ1v) is 11.0. The molecule has 0 bridgehead atoms. The number of benzene rings is 2. The largest absolute Gasteiger partial charge is 0.493 e. The van der Waals surface area contributed by atoms with Crippen molar-refractivity contribution in [3.63, 3.8) is 0 Å². The van der Waals surface area contributed by atoms with Gasteiger partial charge in [-0.1, -0.05) is 37.6 Å². The zero-order valence-corrected chi connectivity index (χ0v) is 19.8. The van der Waals surface area contributed by atoms with Gasteiger partial charge in [0.05, 0.1) is 25.9 Å². The Hall–Kier alpha value is -2.86. The number of Topliss-reactive ketones (excluding diaryl/α,β-unsaturated/α-hetero) is 1. The summed E-state index contributed by atoms with van der Waals surface area (Å²) < 4.78 is 11.4. The maximum Gasteiger partial charge on any atom is 0.264 e. The molecule has 1 amide bonds. The van der Waals surface area contributed by atoms with Crippen molar-refractivity contribution in [1.82, 2.24) is 0 Å². The van der Waals surface area contributed by atoms with Gasteiger partial charge in [-0.3, -0.25) is 9.59 Å². The number of aliphatic hydroxyl groups is 1. The third kappa shape index (κ3) is 4.65. The quantitative estimate of drug-likeness (QED) is 0.625. The summed E-state index contributed by atoms with van der Waals surface area (Å²) in [5.41, 5.74) is 1.97. The lowest BCUT2D eigenvalue weighted by Crippen LogP contribution is -2.41. The van der Waals surface area contributed by atoms with Crippen LogP contribution in [-0.2, 0) is 21.7 Å². The summed E-state index contributed by atoms with van der Waals surface area (Å²) in [5.74, 6) is 1.08. The van der Waals surface area contributed by atoms with E-state index in [-0.39, 0.29) is 18.7 Å². The van der Waals surface area contributed by atoms with Crippen molar-refractivity contribution in [3.8, 4) is 11.5 Å². The van der Waals surface area contributed by atoms with E-state index in [1.54, 1.807) is 18.1 Å². The molecule has 0 saturated heterocycles. The number of rotatable bonds is 9. The predicted octanol–water partition coefficient (Wildman–Crippen LogP) is 4.45. The fourth-order valence-corrected chi connectivity index (χ4v) is 4.27. The Bertz CT molecular complexity index is 1030. The standard InChI is InChI=1S/C26H33NO5/c1-16(2)9-10-32-22-8-7-20(13-23(22)31-6)15-27-24-18(4)11-17(3)12-21(24)26(30,25(27)29)14-19(5)28/h7-8,11-13,16,30H,9-10,14-15H2,1-6H3/t26-/m0/s1. The molecule has 1 aliphatic rings. The van der Waals surface area contributed by atoms with Crippen LogP contribution in [0.1, 0.15) is 55.9 Å². The molecule has 1 atom stereocenters. The van der Waals surface area contributed by atoms with Crippen LogP contribution in [0.3, 0.4) is 0 Å². The second-order valence-corrected chi connectivity index (χ2v) is 9.12. The number of fused-ring (bicyclic) bond motifs is 1. The van der Waals surface area contributed by atoms with Crippen molar-refractivity contribution < 1.29 is 24.2 Å². The number of hydrogen-bond donors (Lipinski definition) is 1. The lowest BCUT2D eigenvalue weighted by molar-refractivity contribution is -0.141. The third-order valence-corrected chi connectivity index (χ3v) is 5.79. The zero-order valence-electron chi connectivity index (χ0n) is 19.8. The van der Waals surface area contributed by atoms with E-state index in [9.17, 15) is 14.7 Å². The molecule has 3 rings (SSSR count). The zero-order chi connectivity index (χ0) is 23.6. The number of ketones is 1. The van der Waals surface area contributed by atoms with E-state index >= 15 is 0 Å². The summed E-state index contributed by atoms with van der Waals surface area (Å²) in [5, 5.41) is 11.3. The van der Waals surface area contributed by atoms with Crippen molar-refractivity contribution in [3.05, 3.63) is 52.6 Å². The molecule has 32 heavy (non-hydrogen) atoms. The number of amides is 1. The van der Waals surface area contributed by atoms with Crippen molar-refractivity contribution >= 4 is 17.4 Å². The summed E-state index contributed by atoms with van der Waals surface area (Å²) in [6.07, 6.45) is 0.696. The van der Waals surface area contributed by atoms with Gasteiger partial charge in [-0.15, -0.1) is 0 Å². The molecule has 6 nitrogen and oxygen atoms in total. The molecular formula is C26H33NO5. The number of aryl methyl sites for hydroxylation is 2. The van der Waals surface area contributed by atoms with Gasteiger partial charge in [0.15, 0.2) is 17.1 Å². The van der Waals surface area contributed by atoms with Crippen LogP contribution in [0.2, 0.25) is 0 Å². The Morgan fingerprint density at radius 1 is 1.16 bits per heavy atom. The van der Waals surface area contributed by atoms with Gasteiger partial charge in [-0.2, -0.15) is 0 Å². The minimum atomic E-state index is -1.85. The van der Waals surface area contributed by atoms with E-state index in [0.717, 1.165) is 23.1 Å². The summed E-state index contributed by atoms with van der Waals surface area (Å²) >= 11 is 0. The van der Waals surface area contributed by atoms with Gasteiger partial charge in [0.25, 0.3) is 5.91 Å². The molecule has 0 aliphatic carbocycles. The maximum absolute atomic E-state index is 13.4. The SMILES string of the molecule is COc1cc(CN2C(=O)[C@](O)(CC(C)=O)c3cc(C)cc(C)c32)ccc1OCCC(C)C. The molecule has 2 aromatic rings. The predicted molar refractivity (Wildman–Crippen MR) is 124 cm³/mol. The number of ether oxygens (including phenoxy) is 2. The smallest absolute Gasteiger partial charge is 0.264 e. The fourth-order valence-electron chi connectivity index (χ4n) is 4.27. The van der Waals surface area contributed by atoms with Gasteiger partial charge in [0.2, 0.25) is 0 Å². The van der Waals surface area contributed by atoms with Gasteiger partial charge in [0.1, 0.15) is 5.78 Å². The van der Waals surface area contributed by atoms with Crippen molar-refractivity contribution in [2.45, 2.75) is 59.6 Å². The highest BCUT2D eigenvalue weighted by molar-refractivity contribution is 6.09. The van der Waals surface area contributed by atoms with Gasteiger partial charge in [-0.05, 0) is 56.4 Å². The highest BCUT2D eigenvalue weighted by atomic mass is 16.5. The molecule has 0 fully saturated rings. The van der Waals surface area contributed by atoms with Gasteiger partial charge in [-0.25, -0.2) is 0 Å². The van der Waals surface area contributed by atoms with Crippen LogP contribution in [-0.4, -0.2) is 30.5 Å². The van der Waals surface area contributed by atoms with Gasteiger partial charge < -0.3 is 19.5 Å². The van der Waals surface area contributed by atoms with Crippen LogP contribution < -0.4 is 14.4 Å². The lowest BCUT2D eigenvalue weighted by Gasteiger charge is -2.23. The summed E-state index contributed by atoms with van der Waals surface area (Å²) in [6, 6.07) is 9.37. The molecule has 1 aliphatic heterocycles. The highest BCUT2D eigenvalue weighted by Crippen LogP contribution is 2.46. The monoisotopic (exact) mass is 439 g/mol. The van der Waals surface area contributed by atoms with E-state index in [2.05, 4.69) is 13.8 Å². The van der Waals surface area contributed by atoms with E-state index in [1.165, 1.54) is 6.92 Å². The second-order valence-electron chi connectivity index (χ2n) is 9.12. The molecule has 1 heterocycles. The highest BCUT2D eigenvalue weighted by Gasteiger charge is 2.51. The Balaban J connectivity index is 1.94. The maximum atomic E-state index is 13.4. The number of carbonyl (C=O) groups is 2. The molecule has 0 saturated carbocycles. The molecule has 1 N–H and O–H groups in total.